The van der Waals surface area contributed by atoms with E-state index in [2.05, 4.69) is 0 Å². The standard InChI is InChI=1S/C30H29NO7/c1-17-6-9-21-20(14-17)28(32)26-27(19-8-11-23(35-3)25(16-19)37-5)31(30(33)29(26)38-21)13-12-18-7-10-22(34-2)24(15-18)36-4/h6-11,14-16,27H,12-13H2,1-5H3. The maximum Gasteiger partial charge on any atom is 0.290 e. The highest BCUT2D eigenvalue weighted by molar-refractivity contribution is 5.99. The van der Waals surface area contributed by atoms with Gasteiger partial charge in [0.25, 0.3) is 5.91 Å². The molecule has 1 atom stereocenters. The first-order valence-corrected chi connectivity index (χ1v) is 12.2. The Morgan fingerprint density at radius 3 is 2.13 bits per heavy atom. The third-order valence-corrected chi connectivity index (χ3v) is 6.93. The molecule has 0 radical (unpaired) electrons. The van der Waals surface area contributed by atoms with Gasteiger partial charge < -0.3 is 28.3 Å². The minimum Gasteiger partial charge on any atom is -0.493 e. The second-order valence-electron chi connectivity index (χ2n) is 9.13. The summed E-state index contributed by atoms with van der Waals surface area (Å²) in [7, 11) is 6.28. The Bertz CT molecular complexity index is 1590. The van der Waals surface area contributed by atoms with Crippen molar-refractivity contribution in [1.29, 1.82) is 0 Å². The zero-order valence-electron chi connectivity index (χ0n) is 22.0. The van der Waals surface area contributed by atoms with Gasteiger partial charge in [0.1, 0.15) is 5.58 Å². The van der Waals surface area contributed by atoms with Crippen LogP contribution in [0.1, 0.15) is 38.9 Å². The predicted octanol–water partition coefficient (Wildman–Crippen LogP) is 4.92. The summed E-state index contributed by atoms with van der Waals surface area (Å²) < 4.78 is 27.8. The molecule has 1 unspecified atom stereocenters. The lowest BCUT2D eigenvalue weighted by molar-refractivity contribution is 0.0730. The summed E-state index contributed by atoms with van der Waals surface area (Å²) in [6.45, 7) is 2.25. The van der Waals surface area contributed by atoms with E-state index in [-0.39, 0.29) is 17.1 Å². The fraction of sp³-hybridized carbons (Fsp3) is 0.267. The predicted molar refractivity (Wildman–Crippen MR) is 143 cm³/mol. The molecule has 0 fully saturated rings. The fourth-order valence-electron chi connectivity index (χ4n) is 5.02. The van der Waals surface area contributed by atoms with Crippen LogP contribution in [0.4, 0.5) is 0 Å². The summed E-state index contributed by atoms with van der Waals surface area (Å²) in [5.41, 5.74) is 3.11. The number of amides is 1. The molecule has 38 heavy (non-hydrogen) atoms. The van der Waals surface area contributed by atoms with Gasteiger partial charge in [-0.15, -0.1) is 0 Å². The molecule has 1 aliphatic heterocycles. The average molecular weight is 516 g/mol. The Balaban J connectivity index is 1.62. The first kappa shape index (κ1) is 25.2. The number of ether oxygens (including phenoxy) is 4. The zero-order valence-corrected chi connectivity index (χ0v) is 22.0. The number of aryl methyl sites for hydroxylation is 1. The average Bonchev–Trinajstić information content (AvgIpc) is 3.22. The van der Waals surface area contributed by atoms with E-state index in [1.54, 1.807) is 57.6 Å². The lowest BCUT2D eigenvalue weighted by atomic mass is 9.97. The second kappa shape index (κ2) is 10.1. The van der Waals surface area contributed by atoms with E-state index in [0.29, 0.717) is 52.5 Å². The molecule has 3 aromatic carbocycles. The maximum absolute atomic E-state index is 13.8. The molecular formula is C30H29NO7. The summed E-state index contributed by atoms with van der Waals surface area (Å²) in [5.74, 6) is 2.03. The number of carbonyl (C=O) groups is 1. The number of hydrogen-bond acceptors (Lipinski definition) is 7. The first-order chi connectivity index (χ1) is 18.4. The molecule has 8 heteroatoms. The van der Waals surface area contributed by atoms with Crippen LogP contribution in [0.15, 0.2) is 63.8 Å². The summed E-state index contributed by atoms with van der Waals surface area (Å²) in [4.78, 5) is 29.3. The number of benzene rings is 3. The molecule has 0 aliphatic carbocycles. The van der Waals surface area contributed by atoms with Gasteiger partial charge in [-0.1, -0.05) is 23.8 Å². The van der Waals surface area contributed by atoms with Gasteiger partial charge in [-0.3, -0.25) is 9.59 Å². The molecule has 0 saturated heterocycles. The number of rotatable bonds is 8. The number of methoxy groups -OCH3 is 4. The smallest absolute Gasteiger partial charge is 0.290 e. The van der Waals surface area contributed by atoms with Crippen molar-refractivity contribution in [3.05, 3.63) is 92.8 Å². The normalized spacial score (nSPS) is 14.5. The SMILES string of the molecule is COc1ccc(CCN2C(=O)c3oc4ccc(C)cc4c(=O)c3C2c2ccc(OC)c(OC)c2)cc1OC. The van der Waals surface area contributed by atoms with Crippen LogP contribution >= 0.6 is 0 Å². The van der Waals surface area contributed by atoms with Crippen LogP contribution in [0, 0.1) is 6.92 Å². The summed E-state index contributed by atoms with van der Waals surface area (Å²) >= 11 is 0. The Labute approximate surface area is 220 Å². The van der Waals surface area contributed by atoms with E-state index in [1.807, 2.05) is 37.3 Å². The van der Waals surface area contributed by atoms with E-state index in [0.717, 1.165) is 16.7 Å². The molecular weight excluding hydrogens is 486 g/mol. The Morgan fingerprint density at radius 1 is 0.789 bits per heavy atom. The maximum atomic E-state index is 13.8. The van der Waals surface area contributed by atoms with Crippen molar-refractivity contribution in [2.75, 3.05) is 35.0 Å². The van der Waals surface area contributed by atoms with E-state index >= 15 is 0 Å². The zero-order chi connectivity index (χ0) is 27.0. The van der Waals surface area contributed by atoms with Crippen LogP contribution in [-0.2, 0) is 6.42 Å². The summed E-state index contributed by atoms with van der Waals surface area (Å²) in [6, 6.07) is 15.8. The second-order valence-corrected chi connectivity index (χ2v) is 9.13. The number of nitrogens with zero attached hydrogens (tertiary/aromatic N) is 1. The quantitative estimate of drug-likeness (QED) is 0.329. The van der Waals surface area contributed by atoms with Crippen molar-refractivity contribution in [3.63, 3.8) is 0 Å². The molecule has 5 rings (SSSR count). The van der Waals surface area contributed by atoms with E-state index in [4.69, 9.17) is 23.4 Å². The van der Waals surface area contributed by atoms with Crippen LogP contribution in [0.3, 0.4) is 0 Å². The van der Waals surface area contributed by atoms with Gasteiger partial charge in [-0.05, 0) is 60.9 Å². The van der Waals surface area contributed by atoms with Crippen LogP contribution in [-0.4, -0.2) is 45.8 Å². The van der Waals surface area contributed by atoms with Crippen molar-refractivity contribution in [1.82, 2.24) is 4.90 Å². The van der Waals surface area contributed by atoms with Gasteiger partial charge >= 0.3 is 0 Å². The lowest BCUT2D eigenvalue weighted by Gasteiger charge is -2.26. The van der Waals surface area contributed by atoms with Crippen molar-refractivity contribution >= 4 is 16.9 Å². The van der Waals surface area contributed by atoms with Gasteiger partial charge in [0, 0.05) is 6.54 Å². The van der Waals surface area contributed by atoms with Gasteiger partial charge in [-0.25, -0.2) is 0 Å². The summed E-state index contributed by atoms with van der Waals surface area (Å²) in [6.07, 6.45) is 0.524. The largest absolute Gasteiger partial charge is 0.493 e. The minimum absolute atomic E-state index is 0.0680. The van der Waals surface area contributed by atoms with Crippen molar-refractivity contribution < 1.29 is 28.2 Å². The molecule has 1 aromatic heterocycles. The Morgan fingerprint density at radius 2 is 1.45 bits per heavy atom. The Hall–Kier alpha value is -4.46. The van der Waals surface area contributed by atoms with E-state index in [1.165, 1.54) is 0 Å². The van der Waals surface area contributed by atoms with Crippen LogP contribution in [0.5, 0.6) is 23.0 Å². The van der Waals surface area contributed by atoms with Crippen LogP contribution in [0.2, 0.25) is 0 Å². The Kier molecular flexibility index (Phi) is 6.72. The topological polar surface area (TPSA) is 87.4 Å². The summed E-state index contributed by atoms with van der Waals surface area (Å²) in [5, 5.41) is 0.448. The minimum atomic E-state index is -0.654. The van der Waals surface area contributed by atoms with E-state index < -0.39 is 6.04 Å². The van der Waals surface area contributed by atoms with Crippen LogP contribution in [0.25, 0.3) is 11.0 Å². The van der Waals surface area contributed by atoms with Gasteiger partial charge in [0.15, 0.2) is 28.4 Å². The van der Waals surface area contributed by atoms with Gasteiger partial charge in [0.2, 0.25) is 5.76 Å². The fourth-order valence-corrected chi connectivity index (χ4v) is 5.02. The first-order valence-electron chi connectivity index (χ1n) is 12.2. The van der Waals surface area contributed by atoms with Gasteiger partial charge in [0.05, 0.1) is 45.4 Å². The molecule has 8 nitrogen and oxygen atoms in total. The van der Waals surface area contributed by atoms with Crippen molar-refractivity contribution in [3.8, 4) is 23.0 Å². The monoisotopic (exact) mass is 515 g/mol. The molecule has 1 aliphatic rings. The molecule has 0 N–H and O–H groups in total. The van der Waals surface area contributed by atoms with Crippen molar-refractivity contribution in [2.24, 2.45) is 0 Å². The number of hydrogen-bond donors (Lipinski definition) is 0. The highest BCUT2D eigenvalue weighted by Gasteiger charge is 2.42. The van der Waals surface area contributed by atoms with E-state index in [9.17, 15) is 9.59 Å². The third kappa shape index (κ3) is 4.22. The van der Waals surface area contributed by atoms with Gasteiger partial charge in [-0.2, -0.15) is 0 Å². The lowest BCUT2D eigenvalue weighted by Crippen LogP contribution is -2.31. The third-order valence-electron chi connectivity index (χ3n) is 6.93. The van der Waals surface area contributed by atoms with Crippen molar-refractivity contribution in [2.45, 2.75) is 19.4 Å². The molecule has 4 aromatic rings. The molecule has 196 valence electrons. The number of carbonyl (C=O) groups excluding carboxylic acids is 1. The molecule has 0 spiro atoms. The molecule has 0 saturated carbocycles. The highest BCUT2D eigenvalue weighted by atomic mass is 16.5. The molecule has 2 heterocycles. The molecule has 0 bridgehead atoms. The molecule has 1 amide bonds. The van der Waals surface area contributed by atoms with Crippen LogP contribution < -0.4 is 24.4 Å². The number of fused-ring (bicyclic) bond motifs is 2. The highest BCUT2D eigenvalue weighted by Crippen LogP contribution is 2.41.